The minimum Gasteiger partial charge on any atom is -1.00 e. The topological polar surface area (TPSA) is 0 Å². The van der Waals surface area contributed by atoms with Crippen molar-refractivity contribution in [3.8, 4) is 0 Å². The third kappa shape index (κ3) is 9.00. The molecular weight excluding hydrogens is 70.0 g/mol. The summed E-state index contributed by atoms with van der Waals surface area (Å²) in [6, 6.07) is 0. The van der Waals surface area contributed by atoms with E-state index in [1.807, 2.05) is 0 Å². The molecule has 0 aromatic heterocycles. The van der Waals surface area contributed by atoms with Crippen molar-refractivity contribution in [2.75, 3.05) is 0 Å². The fourth-order valence-corrected chi connectivity index (χ4v) is 0. The first-order valence-electron chi connectivity index (χ1n) is 0.707. The van der Waals surface area contributed by atoms with Crippen LogP contribution in [0.3, 0.4) is 0 Å². The quantitative estimate of drug-likeness (QED) is 0.200. The summed E-state index contributed by atoms with van der Waals surface area (Å²) in [5.74, 6) is 0. The van der Waals surface area contributed by atoms with Gasteiger partial charge in [-0.05, 0) is 0 Å². The van der Waals surface area contributed by atoms with Gasteiger partial charge in [-0.25, -0.2) is 0 Å². The number of rotatable bonds is 0. The second-order valence-electron chi connectivity index (χ2n) is 0. The van der Waals surface area contributed by atoms with Crippen molar-refractivity contribution in [3.05, 3.63) is 6.92 Å². The van der Waals surface area contributed by atoms with Gasteiger partial charge in [0.2, 0.25) is 0 Å². The van der Waals surface area contributed by atoms with Gasteiger partial charge >= 0.3 is 59.1 Å². The van der Waals surface area contributed by atoms with Gasteiger partial charge in [0, 0.05) is 0 Å². The first-order chi connectivity index (χ1) is 1.00. The Balaban J connectivity index is -0.00000000167. The molecule has 0 nitrogen and oxygen atoms in total. The summed E-state index contributed by atoms with van der Waals surface area (Å²) in [5, 5.41) is 0. The van der Waals surface area contributed by atoms with Gasteiger partial charge in [0.1, 0.15) is 0 Å². The Morgan fingerprint density at radius 1 is 1.25 bits per heavy atom. The van der Waals surface area contributed by atoms with Crippen molar-refractivity contribution in [3.63, 3.8) is 0 Å². The molecule has 2 heteroatoms. The summed E-state index contributed by atoms with van der Waals surface area (Å²) >= 11 is 0. The molecule has 0 atom stereocenters. The van der Waals surface area contributed by atoms with Crippen LogP contribution >= 0.6 is 0 Å². The van der Waals surface area contributed by atoms with Gasteiger partial charge in [0.25, 0.3) is 0 Å². The molecule has 0 aliphatic heterocycles. The van der Waals surface area contributed by atoms with Crippen LogP contribution in [0.15, 0.2) is 0 Å². The minimum absolute atomic E-state index is 0. The molecule has 0 aromatic carbocycles. The molecule has 4 heavy (non-hydrogen) atoms. The van der Waals surface area contributed by atoms with E-state index in [-0.39, 0.29) is 60.5 Å². The van der Waals surface area contributed by atoms with Gasteiger partial charge in [-0.2, -0.15) is 6.92 Å². The smallest absolute Gasteiger partial charge is 1.00 e. The van der Waals surface area contributed by atoms with Crippen LogP contribution < -0.4 is 59.1 Å². The van der Waals surface area contributed by atoms with E-state index in [2.05, 4.69) is 6.92 Å². The number of hydrogen-bond acceptors (Lipinski definition) is 0. The van der Waals surface area contributed by atoms with Gasteiger partial charge in [-0.1, -0.05) is 0 Å². The first kappa shape index (κ1) is 16.7. The average Bonchev–Trinajstić information content (AvgIpc) is 1.00. The maximum Gasteiger partial charge on any atom is 1.00 e. The Hall–Kier alpha value is 2.00. The zero-order valence-electron chi connectivity index (χ0n) is 4.71. The van der Waals surface area contributed by atoms with E-state index >= 15 is 0 Å². The Bertz CT molecular complexity index is 7.61. The van der Waals surface area contributed by atoms with Crippen LogP contribution in [0, 0.1) is 6.92 Å². The Morgan fingerprint density at radius 2 is 1.25 bits per heavy atom. The molecule has 0 aromatic rings. The van der Waals surface area contributed by atoms with E-state index in [1.54, 1.807) is 6.92 Å². The summed E-state index contributed by atoms with van der Waals surface area (Å²) in [5.41, 5.74) is 0. The van der Waals surface area contributed by atoms with Crippen LogP contribution in [-0.2, 0) is 0 Å². The summed E-state index contributed by atoms with van der Waals surface area (Å²) in [4.78, 5) is 0. The molecule has 0 amide bonds. The van der Waals surface area contributed by atoms with E-state index in [1.165, 1.54) is 0 Å². The van der Waals surface area contributed by atoms with Gasteiger partial charge in [0.15, 0.2) is 0 Å². The van der Waals surface area contributed by atoms with Crippen LogP contribution in [0.4, 0.5) is 0 Å². The Morgan fingerprint density at radius 3 is 1.25 bits per heavy atom. The monoisotopic (exact) mass is 76.0 g/mol. The summed E-state index contributed by atoms with van der Waals surface area (Å²) in [6.07, 6.45) is 0. The minimum atomic E-state index is 0. The molecule has 16 valence electrons. The molecule has 0 spiro atoms. The molecule has 0 N–H and O–H groups in total. The average molecular weight is 76.0 g/mol. The molecule has 0 bridgehead atoms. The van der Waals surface area contributed by atoms with Crippen LogP contribution in [-0.4, -0.2) is 0 Å². The second kappa shape index (κ2) is 20.0. The van der Waals surface area contributed by atoms with Gasteiger partial charge in [0.05, 0.1) is 0 Å². The van der Waals surface area contributed by atoms with Crippen molar-refractivity contribution in [2.45, 2.75) is 6.92 Å². The molecule has 0 aliphatic carbocycles. The van der Waals surface area contributed by atoms with E-state index in [0.717, 1.165) is 0 Å². The molecule has 0 heterocycles. The molecule has 0 unspecified atom stereocenters. The summed E-state index contributed by atoms with van der Waals surface area (Å²) < 4.78 is 0. The SMILES string of the molecule is [CH2-]C.[H-].[Na+].[Na+]. The van der Waals surface area contributed by atoms with Crippen LogP contribution in [0.1, 0.15) is 8.35 Å². The summed E-state index contributed by atoms with van der Waals surface area (Å²) in [7, 11) is 0. The van der Waals surface area contributed by atoms with Gasteiger partial charge in [-0.15, -0.1) is 0 Å². The van der Waals surface area contributed by atoms with E-state index in [0.29, 0.717) is 0 Å². The molecule has 0 aliphatic rings. The zero-order chi connectivity index (χ0) is 2.00. The van der Waals surface area contributed by atoms with Crippen molar-refractivity contribution in [1.82, 2.24) is 0 Å². The van der Waals surface area contributed by atoms with E-state index in [9.17, 15) is 0 Å². The maximum absolute atomic E-state index is 3.25. The van der Waals surface area contributed by atoms with E-state index in [4.69, 9.17) is 0 Å². The first-order valence-corrected chi connectivity index (χ1v) is 0.707. The van der Waals surface area contributed by atoms with Crippen molar-refractivity contribution >= 4 is 0 Å². The number of hydrogen-bond donors (Lipinski definition) is 0. The largest absolute Gasteiger partial charge is 1.00 e. The molecular formula is C2H6Na2. The predicted octanol–water partition coefficient (Wildman–Crippen LogP) is -5.04. The van der Waals surface area contributed by atoms with Crippen molar-refractivity contribution in [2.24, 2.45) is 0 Å². The predicted molar refractivity (Wildman–Crippen MR) is 12.1 cm³/mol. The summed E-state index contributed by atoms with van der Waals surface area (Å²) in [6.45, 7) is 5.00. The van der Waals surface area contributed by atoms with Crippen molar-refractivity contribution in [1.29, 1.82) is 0 Å². The fraction of sp³-hybridized carbons (Fsp3) is 0.500. The Labute approximate surface area is 73.4 Å². The second-order valence-corrected chi connectivity index (χ2v) is 0. The van der Waals surface area contributed by atoms with Gasteiger partial charge in [-0.3, -0.25) is 0 Å². The fourth-order valence-electron chi connectivity index (χ4n) is 0. The van der Waals surface area contributed by atoms with Crippen LogP contribution in [0.25, 0.3) is 0 Å². The third-order valence-corrected chi connectivity index (χ3v) is 0. The third-order valence-electron chi connectivity index (χ3n) is 0. The molecule has 0 fully saturated rings. The van der Waals surface area contributed by atoms with Crippen LogP contribution in [0.5, 0.6) is 0 Å². The normalized spacial score (nSPS) is 1.50. The van der Waals surface area contributed by atoms with E-state index < -0.39 is 0 Å². The van der Waals surface area contributed by atoms with Gasteiger partial charge < -0.3 is 8.35 Å². The zero-order valence-corrected chi connectivity index (χ0v) is 7.71. The Kier molecular flexibility index (Phi) is 83.3. The van der Waals surface area contributed by atoms with Crippen molar-refractivity contribution < 1.29 is 60.5 Å². The molecule has 0 rings (SSSR count). The van der Waals surface area contributed by atoms with Crippen LogP contribution in [0.2, 0.25) is 0 Å². The molecule has 0 saturated carbocycles. The molecule has 0 radical (unpaired) electrons. The molecule has 0 saturated heterocycles. The standard InChI is InChI=1S/C2H5.2Na.H/c1-2;;;/h1H2,2H3;;;/q-1;2*+1;-1. The maximum atomic E-state index is 3.25.